The summed E-state index contributed by atoms with van der Waals surface area (Å²) in [5, 5.41) is 6.88. The van der Waals surface area contributed by atoms with Crippen LogP contribution < -0.4 is 10.1 Å². The summed E-state index contributed by atoms with van der Waals surface area (Å²) in [7, 11) is 4.91. The summed E-state index contributed by atoms with van der Waals surface area (Å²) in [4.78, 5) is 26.3. The standard InChI is InChI=1S/C20H21FN4O4/c1-12-17(18(23-25(12)4)20(27)24(2)3)22-19(26)16-10-9-15(29-16)11-28-14-7-5-13(21)6-8-14/h5-10H,11H2,1-4H3,(H,22,26). The maximum atomic E-state index is 12.9. The fourth-order valence-electron chi connectivity index (χ4n) is 2.56. The molecule has 3 aromatic rings. The van der Waals surface area contributed by atoms with Gasteiger partial charge in [0.05, 0.1) is 11.4 Å². The van der Waals surface area contributed by atoms with Crippen molar-refractivity contribution in [3.05, 3.63) is 65.1 Å². The van der Waals surface area contributed by atoms with Crippen LogP contribution in [0.25, 0.3) is 0 Å². The molecule has 0 unspecified atom stereocenters. The zero-order valence-electron chi connectivity index (χ0n) is 16.5. The Balaban J connectivity index is 1.71. The number of aromatic nitrogens is 2. The molecule has 29 heavy (non-hydrogen) atoms. The van der Waals surface area contributed by atoms with Crippen molar-refractivity contribution in [2.24, 2.45) is 7.05 Å². The molecule has 3 rings (SSSR count). The van der Waals surface area contributed by atoms with Crippen molar-refractivity contribution >= 4 is 17.5 Å². The number of hydrogen-bond acceptors (Lipinski definition) is 5. The molecular formula is C20H21FN4O4. The summed E-state index contributed by atoms with van der Waals surface area (Å²) in [5.41, 5.74) is 1.11. The lowest BCUT2D eigenvalue weighted by Gasteiger charge is -2.10. The highest BCUT2D eigenvalue weighted by atomic mass is 19.1. The number of nitrogens with zero attached hydrogens (tertiary/aromatic N) is 3. The first kappa shape index (κ1) is 20.1. The van der Waals surface area contributed by atoms with Gasteiger partial charge in [0.15, 0.2) is 11.5 Å². The Bertz CT molecular complexity index is 1040. The summed E-state index contributed by atoms with van der Waals surface area (Å²) < 4.78 is 25.5. The minimum Gasteiger partial charge on any atom is -0.486 e. The lowest BCUT2D eigenvalue weighted by Crippen LogP contribution is -2.24. The molecule has 0 saturated carbocycles. The third-order valence-corrected chi connectivity index (χ3v) is 4.26. The molecule has 9 heteroatoms. The van der Waals surface area contributed by atoms with Gasteiger partial charge in [0.2, 0.25) is 0 Å². The minimum atomic E-state index is -0.512. The van der Waals surface area contributed by atoms with Gasteiger partial charge in [-0.05, 0) is 43.3 Å². The topological polar surface area (TPSA) is 89.6 Å². The molecule has 0 bridgehead atoms. The molecule has 0 spiro atoms. The zero-order chi connectivity index (χ0) is 21.1. The number of anilines is 1. The number of furan rings is 1. The molecular weight excluding hydrogens is 379 g/mol. The van der Waals surface area contributed by atoms with Gasteiger partial charge in [0, 0.05) is 21.1 Å². The van der Waals surface area contributed by atoms with E-state index in [1.807, 2.05) is 0 Å². The molecule has 2 aromatic heterocycles. The normalized spacial score (nSPS) is 10.7. The van der Waals surface area contributed by atoms with E-state index in [0.717, 1.165) is 0 Å². The monoisotopic (exact) mass is 400 g/mol. The molecule has 0 saturated heterocycles. The SMILES string of the molecule is Cc1c(NC(=O)c2ccc(COc3ccc(F)cc3)o2)c(C(=O)N(C)C)nn1C. The number of halogens is 1. The van der Waals surface area contributed by atoms with E-state index >= 15 is 0 Å². The van der Waals surface area contributed by atoms with Crippen LogP contribution in [0.1, 0.15) is 32.5 Å². The van der Waals surface area contributed by atoms with Gasteiger partial charge in [-0.15, -0.1) is 0 Å². The number of hydrogen-bond donors (Lipinski definition) is 1. The number of carbonyl (C=O) groups is 2. The Kier molecular flexibility index (Phi) is 5.67. The van der Waals surface area contributed by atoms with Crippen molar-refractivity contribution in [1.29, 1.82) is 0 Å². The van der Waals surface area contributed by atoms with E-state index in [1.54, 1.807) is 34.1 Å². The average molecular weight is 400 g/mol. The Hall–Kier alpha value is -3.62. The van der Waals surface area contributed by atoms with Gasteiger partial charge >= 0.3 is 0 Å². The van der Waals surface area contributed by atoms with E-state index in [-0.39, 0.29) is 29.8 Å². The molecule has 8 nitrogen and oxygen atoms in total. The van der Waals surface area contributed by atoms with Crippen LogP contribution in [0.5, 0.6) is 5.75 Å². The van der Waals surface area contributed by atoms with Crippen LogP contribution in [0.15, 0.2) is 40.8 Å². The van der Waals surface area contributed by atoms with Crippen LogP contribution in [-0.4, -0.2) is 40.6 Å². The number of aryl methyl sites for hydroxylation is 1. The van der Waals surface area contributed by atoms with Crippen molar-refractivity contribution in [2.75, 3.05) is 19.4 Å². The van der Waals surface area contributed by atoms with Crippen molar-refractivity contribution in [1.82, 2.24) is 14.7 Å². The number of benzene rings is 1. The summed E-state index contributed by atoms with van der Waals surface area (Å²) in [5.74, 6) is -0.223. The quantitative estimate of drug-likeness (QED) is 0.687. The van der Waals surface area contributed by atoms with Crippen LogP contribution in [0.3, 0.4) is 0 Å². The maximum absolute atomic E-state index is 12.9. The summed E-state index contributed by atoms with van der Waals surface area (Å²) >= 11 is 0. The Labute approximate surface area is 166 Å². The molecule has 152 valence electrons. The van der Waals surface area contributed by atoms with E-state index in [4.69, 9.17) is 9.15 Å². The molecule has 1 N–H and O–H groups in total. The van der Waals surface area contributed by atoms with Crippen LogP contribution in [0.2, 0.25) is 0 Å². The number of rotatable bonds is 6. The predicted molar refractivity (Wildman–Crippen MR) is 103 cm³/mol. The average Bonchev–Trinajstić information content (AvgIpc) is 3.27. The summed E-state index contributed by atoms with van der Waals surface area (Å²) in [6.45, 7) is 1.83. The van der Waals surface area contributed by atoms with Crippen molar-refractivity contribution in [3.63, 3.8) is 0 Å². The lowest BCUT2D eigenvalue weighted by molar-refractivity contribution is 0.0822. The summed E-state index contributed by atoms with van der Waals surface area (Å²) in [6, 6.07) is 8.71. The predicted octanol–water partition coefficient (Wildman–Crippen LogP) is 2.99. The third kappa shape index (κ3) is 4.45. The largest absolute Gasteiger partial charge is 0.486 e. The first-order chi connectivity index (χ1) is 13.8. The zero-order valence-corrected chi connectivity index (χ0v) is 16.5. The molecule has 0 atom stereocenters. The highest BCUT2D eigenvalue weighted by molar-refractivity contribution is 6.07. The fourth-order valence-corrected chi connectivity index (χ4v) is 2.56. The van der Waals surface area contributed by atoms with Crippen LogP contribution >= 0.6 is 0 Å². The molecule has 0 aliphatic rings. The Morgan fingerprint density at radius 3 is 2.55 bits per heavy atom. The second-order valence-corrected chi connectivity index (χ2v) is 6.59. The van der Waals surface area contributed by atoms with Crippen LogP contribution in [-0.2, 0) is 13.7 Å². The van der Waals surface area contributed by atoms with Crippen LogP contribution in [0.4, 0.5) is 10.1 Å². The van der Waals surface area contributed by atoms with Gasteiger partial charge in [-0.3, -0.25) is 14.3 Å². The van der Waals surface area contributed by atoms with Gasteiger partial charge in [0.1, 0.15) is 23.9 Å². The molecule has 0 aliphatic heterocycles. The Morgan fingerprint density at radius 2 is 1.90 bits per heavy atom. The van der Waals surface area contributed by atoms with E-state index in [9.17, 15) is 14.0 Å². The molecule has 0 radical (unpaired) electrons. The van der Waals surface area contributed by atoms with Gasteiger partial charge in [-0.2, -0.15) is 5.10 Å². The van der Waals surface area contributed by atoms with Crippen molar-refractivity contribution in [2.45, 2.75) is 13.5 Å². The first-order valence-electron chi connectivity index (χ1n) is 8.80. The van der Waals surface area contributed by atoms with Gasteiger partial charge in [-0.1, -0.05) is 0 Å². The molecule has 1 aromatic carbocycles. The fraction of sp³-hybridized carbons (Fsp3) is 0.250. The summed E-state index contributed by atoms with van der Waals surface area (Å²) in [6.07, 6.45) is 0. The van der Waals surface area contributed by atoms with Gasteiger partial charge < -0.3 is 19.4 Å². The number of ether oxygens (including phenoxy) is 1. The van der Waals surface area contributed by atoms with Crippen molar-refractivity contribution < 1.29 is 23.1 Å². The third-order valence-electron chi connectivity index (χ3n) is 4.26. The van der Waals surface area contributed by atoms with E-state index < -0.39 is 5.91 Å². The lowest BCUT2D eigenvalue weighted by atomic mass is 10.2. The number of nitrogens with one attached hydrogen (secondary N) is 1. The first-order valence-corrected chi connectivity index (χ1v) is 8.80. The molecule has 0 fully saturated rings. The van der Waals surface area contributed by atoms with Gasteiger partial charge in [-0.25, -0.2) is 4.39 Å². The maximum Gasteiger partial charge on any atom is 0.291 e. The van der Waals surface area contributed by atoms with E-state index in [0.29, 0.717) is 22.9 Å². The van der Waals surface area contributed by atoms with Crippen LogP contribution in [0, 0.1) is 12.7 Å². The smallest absolute Gasteiger partial charge is 0.291 e. The minimum absolute atomic E-state index is 0.0641. The highest BCUT2D eigenvalue weighted by Gasteiger charge is 2.24. The number of amides is 2. The Morgan fingerprint density at radius 1 is 1.21 bits per heavy atom. The molecule has 0 aliphatic carbocycles. The van der Waals surface area contributed by atoms with Gasteiger partial charge in [0.25, 0.3) is 11.8 Å². The second-order valence-electron chi connectivity index (χ2n) is 6.59. The molecule has 2 amide bonds. The van der Waals surface area contributed by atoms with Crippen molar-refractivity contribution in [3.8, 4) is 5.75 Å². The second kappa shape index (κ2) is 8.17. The van der Waals surface area contributed by atoms with E-state index in [1.165, 1.54) is 39.9 Å². The van der Waals surface area contributed by atoms with E-state index in [2.05, 4.69) is 10.4 Å². The molecule has 2 heterocycles. The highest BCUT2D eigenvalue weighted by Crippen LogP contribution is 2.22. The number of carbonyl (C=O) groups excluding carboxylic acids is 2.